The molecular formula is C18H23N5OS. The van der Waals surface area contributed by atoms with Crippen LogP contribution in [0.3, 0.4) is 0 Å². The first-order chi connectivity index (χ1) is 12.3. The summed E-state index contributed by atoms with van der Waals surface area (Å²) in [4.78, 5) is 21.1. The van der Waals surface area contributed by atoms with Crippen molar-refractivity contribution in [3.05, 3.63) is 52.2 Å². The van der Waals surface area contributed by atoms with Gasteiger partial charge in [0.05, 0.1) is 12.2 Å². The minimum absolute atomic E-state index is 0.0386. The Bertz CT molecular complexity index is 771. The van der Waals surface area contributed by atoms with Gasteiger partial charge in [-0.05, 0) is 23.4 Å². The molecule has 2 aliphatic heterocycles. The highest BCUT2D eigenvalue weighted by atomic mass is 32.2. The molecule has 2 aromatic heterocycles. The lowest BCUT2D eigenvalue weighted by Gasteiger charge is -2.36. The number of aromatic nitrogens is 3. The maximum Gasteiger partial charge on any atom is 0.267 e. The lowest BCUT2D eigenvalue weighted by Crippen LogP contribution is -2.47. The summed E-state index contributed by atoms with van der Waals surface area (Å²) in [6, 6.07) is 5.91. The van der Waals surface area contributed by atoms with Gasteiger partial charge < -0.3 is 4.90 Å². The smallest absolute Gasteiger partial charge is 0.267 e. The van der Waals surface area contributed by atoms with E-state index in [-0.39, 0.29) is 5.56 Å². The van der Waals surface area contributed by atoms with Gasteiger partial charge in [-0.25, -0.2) is 4.68 Å². The zero-order valence-electron chi connectivity index (χ0n) is 14.3. The molecule has 0 unspecified atom stereocenters. The second kappa shape index (κ2) is 7.58. The molecule has 0 amide bonds. The Labute approximate surface area is 151 Å². The quantitative estimate of drug-likeness (QED) is 0.821. The van der Waals surface area contributed by atoms with E-state index in [1.165, 1.54) is 5.69 Å². The highest BCUT2D eigenvalue weighted by molar-refractivity contribution is 7.98. The molecule has 4 heterocycles. The number of thioether (sulfide) groups is 1. The van der Waals surface area contributed by atoms with Gasteiger partial charge in [-0.3, -0.25) is 14.7 Å². The molecule has 0 aromatic carbocycles. The fourth-order valence-corrected chi connectivity index (χ4v) is 4.39. The molecule has 0 N–H and O–H groups in total. The van der Waals surface area contributed by atoms with Gasteiger partial charge in [-0.15, -0.1) is 0 Å². The third-order valence-electron chi connectivity index (χ3n) is 4.93. The van der Waals surface area contributed by atoms with Crippen molar-refractivity contribution in [3.63, 3.8) is 0 Å². The second-order valence-electron chi connectivity index (χ2n) is 6.51. The number of pyridine rings is 1. The van der Waals surface area contributed by atoms with Gasteiger partial charge in [0.1, 0.15) is 0 Å². The summed E-state index contributed by atoms with van der Waals surface area (Å²) in [5.41, 5.74) is 3.51. The van der Waals surface area contributed by atoms with E-state index in [0.717, 1.165) is 61.9 Å². The van der Waals surface area contributed by atoms with Crippen LogP contribution >= 0.6 is 11.8 Å². The van der Waals surface area contributed by atoms with Gasteiger partial charge in [0.15, 0.2) is 0 Å². The Hall–Kier alpha value is -1.86. The predicted octanol–water partition coefficient (Wildman–Crippen LogP) is 1.25. The number of hydrogen-bond acceptors (Lipinski definition) is 6. The number of nitrogens with zero attached hydrogens (tertiary/aromatic N) is 5. The molecule has 2 aliphatic rings. The van der Waals surface area contributed by atoms with Crippen molar-refractivity contribution >= 4 is 17.4 Å². The summed E-state index contributed by atoms with van der Waals surface area (Å²) >= 11 is 1.88. The summed E-state index contributed by atoms with van der Waals surface area (Å²) in [5.74, 6) is 2.03. The summed E-state index contributed by atoms with van der Waals surface area (Å²) in [7, 11) is 0. The Kier molecular flexibility index (Phi) is 5.03. The van der Waals surface area contributed by atoms with E-state index in [4.69, 9.17) is 0 Å². The molecule has 0 radical (unpaired) electrons. The van der Waals surface area contributed by atoms with Crippen molar-refractivity contribution in [2.45, 2.75) is 18.7 Å². The summed E-state index contributed by atoms with van der Waals surface area (Å²) in [5, 5.41) is 4.61. The fourth-order valence-electron chi connectivity index (χ4n) is 3.43. The molecule has 4 rings (SSSR count). The molecule has 132 valence electrons. The standard InChI is InChI=1S/C18H23N5OS/c24-18-13-15-14-25-12-3-17(15)20-23(18)11-8-21-6-9-22(10-7-21)16-1-4-19-5-2-16/h1-2,4-5,13H,3,6-12,14H2. The van der Waals surface area contributed by atoms with Crippen LogP contribution in [0.5, 0.6) is 0 Å². The van der Waals surface area contributed by atoms with Crippen LogP contribution in [0.25, 0.3) is 0 Å². The van der Waals surface area contributed by atoms with Crippen molar-refractivity contribution in [1.82, 2.24) is 19.7 Å². The van der Waals surface area contributed by atoms with Crippen molar-refractivity contribution in [3.8, 4) is 0 Å². The molecule has 25 heavy (non-hydrogen) atoms. The number of anilines is 1. The minimum Gasteiger partial charge on any atom is -0.369 e. The largest absolute Gasteiger partial charge is 0.369 e. The van der Waals surface area contributed by atoms with E-state index in [2.05, 4.69) is 32.0 Å². The van der Waals surface area contributed by atoms with Gasteiger partial charge in [-0.1, -0.05) is 0 Å². The first-order valence-electron chi connectivity index (χ1n) is 8.84. The molecule has 1 fully saturated rings. The lowest BCUT2D eigenvalue weighted by molar-refractivity contribution is 0.242. The first-order valence-corrected chi connectivity index (χ1v) is 10.00. The zero-order valence-corrected chi connectivity index (χ0v) is 15.1. The van der Waals surface area contributed by atoms with Crippen molar-refractivity contribution < 1.29 is 0 Å². The summed E-state index contributed by atoms with van der Waals surface area (Å²) in [6.45, 7) is 5.60. The molecular weight excluding hydrogens is 334 g/mol. The SMILES string of the molecule is O=c1cc2c(nn1CCN1CCN(c3ccncc3)CC1)CCSC2. The monoisotopic (exact) mass is 357 g/mol. The molecule has 0 aliphatic carbocycles. The molecule has 0 atom stereocenters. The van der Waals surface area contributed by atoms with Crippen LogP contribution < -0.4 is 10.5 Å². The van der Waals surface area contributed by atoms with E-state index < -0.39 is 0 Å². The van der Waals surface area contributed by atoms with Gasteiger partial charge in [0.25, 0.3) is 5.56 Å². The fraction of sp³-hybridized carbons (Fsp3) is 0.500. The van der Waals surface area contributed by atoms with E-state index in [0.29, 0.717) is 6.54 Å². The van der Waals surface area contributed by atoms with Crippen molar-refractivity contribution in [1.29, 1.82) is 0 Å². The maximum absolute atomic E-state index is 12.3. The Morgan fingerprint density at radius 1 is 1.08 bits per heavy atom. The summed E-state index contributed by atoms with van der Waals surface area (Å²) in [6.07, 6.45) is 4.66. The molecule has 1 saturated heterocycles. The van der Waals surface area contributed by atoms with E-state index in [9.17, 15) is 4.79 Å². The zero-order chi connectivity index (χ0) is 17.1. The topological polar surface area (TPSA) is 54.3 Å². The Morgan fingerprint density at radius 2 is 1.88 bits per heavy atom. The number of aryl methyl sites for hydroxylation is 1. The van der Waals surface area contributed by atoms with Crippen LogP contribution in [0.15, 0.2) is 35.4 Å². The van der Waals surface area contributed by atoms with Crippen molar-refractivity contribution in [2.24, 2.45) is 0 Å². The molecule has 7 heteroatoms. The Morgan fingerprint density at radius 3 is 2.68 bits per heavy atom. The molecule has 0 bridgehead atoms. The lowest BCUT2D eigenvalue weighted by atomic mass is 10.2. The average Bonchev–Trinajstić information content (AvgIpc) is 2.67. The van der Waals surface area contributed by atoms with Crippen LogP contribution in [0.4, 0.5) is 5.69 Å². The third-order valence-corrected chi connectivity index (χ3v) is 5.94. The third kappa shape index (κ3) is 3.88. The van der Waals surface area contributed by atoms with Gasteiger partial charge in [-0.2, -0.15) is 16.9 Å². The van der Waals surface area contributed by atoms with Crippen LogP contribution in [0, 0.1) is 0 Å². The average molecular weight is 357 g/mol. The predicted molar refractivity (Wildman–Crippen MR) is 101 cm³/mol. The highest BCUT2D eigenvalue weighted by Gasteiger charge is 2.18. The number of rotatable bonds is 4. The van der Waals surface area contributed by atoms with Crippen LogP contribution in [-0.4, -0.2) is 58.1 Å². The number of piperazine rings is 1. The highest BCUT2D eigenvalue weighted by Crippen LogP contribution is 2.21. The molecule has 2 aromatic rings. The number of hydrogen-bond donors (Lipinski definition) is 0. The van der Waals surface area contributed by atoms with E-state index in [1.807, 2.05) is 24.2 Å². The van der Waals surface area contributed by atoms with Gasteiger partial charge in [0.2, 0.25) is 0 Å². The van der Waals surface area contributed by atoms with Gasteiger partial charge >= 0.3 is 0 Å². The van der Waals surface area contributed by atoms with E-state index in [1.54, 1.807) is 10.7 Å². The molecule has 0 spiro atoms. The number of fused-ring (bicyclic) bond motifs is 1. The summed E-state index contributed by atoms with van der Waals surface area (Å²) < 4.78 is 1.66. The van der Waals surface area contributed by atoms with E-state index >= 15 is 0 Å². The minimum atomic E-state index is 0.0386. The van der Waals surface area contributed by atoms with Gasteiger partial charge in [0, 0.05) is 69.0 Å². The molecule has 0 saturated carbocycles. The van der Waals surface area contributed by atoms with Crippen LogP contribution in [0.1, 0.15) is 11.3 Å². The van der Waals surface area contributed by atoms with Crippen LogP contribution in [0.2, 0.25) is 0 Å². The second-order valence-corrected chi connectivity index (χ2v) is 7.62. The normalized spacial score (nSPS) is 18.2. The van der Waals surface area contributed by atoms with Crippen molar-refractivity contribution in [2.75, 3.05) is 43.4 Å². The Balaban J connectivity index is 1.33. The maximum atomic E-state index is 12.3. The first kappa shape index (κ1) is 16.6. The molecule has 6 nitrogen and oxygen atoms in total. The van der Waals surface area contributed by atoms with Crippen LogP contribution in [-0.2, 0) is 18.7 Å².